The molecule has 1 heterocycles. The third kappa shape index (κ3) is 1.84. The minimum Gasteiger partial charge on any atom is -0.435 e. The molecule has 0 saturated heterocycles. The van der Waals surface area contributed by atoms with E-state index in [0.29, 0.717) is 22.7 Å². The van der Waals surface area contributed by atoms with E-state index in [2.05, 4.69) is 4.98 Å². The number of anilines is 1. The molecule has 0 spiro atoms. The zero-order valence-corrected chi connectivity index (χ0v) is 11.0. The second kappa shape index (κ2) is 4.31. The van der Waals surface area contributed by atoms with Gasteiger partial charge in [-0.05, 0) is 30.3 Å². The van der Waals surface area contributed by atoms with Crippen molar-refractivity contribution in [1.82, 2.24) is 4.98 Å². The Labute approximate surface area is 119 Å². The highest BCUT2D eigenvalue weighted by Crippen LogP contribution is 2.33. The zero-order valence-electron chi connectivity index (χ0n) is 11.0. The first-order chi connectivity index (χ1) is 10.2. The Morgan fingerprint density at radius 2 is 1.67 bits per heavy atom. The standard InChI is InChI=1S/C17H11FN2O/c18-11-7-5-10(6-8-11)17-20-15-9-14(19)12-3-1-2-4-13(12)16(15)21-17/h1-9H,19H2. The topological polar surface area (TPSA) is 52.0 Å². The minimum absolute atomic E-state index is 0.287. The third-order valence-corrected chi connectivity index (χ3v) is 3.52. The average Bonchev–Trinajstić information content (AvgIpc) is 2.92. The molecule has 21 heavy (non-hydrogen) atoms. The summed E-state index contributed by atoms with van der Waals surface area (Å²) in [4.78, 5) is 4.45. The molecule has 0 aliphatic rings. The quantitative estimate of drug-likeness (QED) is 0.526. The maximum atomic E-state index is 13.0. The average molecular weight is 278 g/mol. The van der Waals surface area contributed by atoms with E-state index in [1.54, 1.807) is 18.2 Å². The molecule has 102 valence electrons. The number of rotatable bonds is 1. The monoisotopic (exact) mass is 278 g/mol. The number of hydrogen-bond acceptors (Lipinski definition) is 3. The Balaban J connectivity index is 2.02. The van der Waals surface area contributed by atoms with Crippen molar-refractivity contribution in [2.24, 2.45) is 0 Å². The largest absolute Gasteiger partial charge is 0.435 e. The van der Waals surface area contributed by atoms with Crippen molar-refractivity contribution < 1.29 is 8.81 Å². The lowest BCUT2D eigenvalue weighted by molar-refractivity contribution is 0.618. The maximum absolute atomic E-state index is 13.0. The summed E-state index contributed by atoms with van der Waals surface area (Å²) < 4.78 is 18.9. The summed E-state index contributed by atoms with van der Waals surface area (Å²) in [5.74, 6) is 0.172. The molecule has 3 aromatic carbocycles. The van der Waals surface area contributed by atoms with Gasteiger partial charge in [0.15, 0.2) is 5.58 Å². The number of halogens is 1. The predicted molar refractivity (Wildman–Crippen MR) is 81.3 cm³/mol. The van der Waals surface area contributed by atoms with Gasteiger partial charge in [-0.3, -0.25) is 0 Å². The van der Waals surface area contributed by atoms with Crippen LogP contribution in [0.2, 0.25) is 0 Å². The number of hydrogen-bond donors (Lipinski definition) is 1. The molecule has 0 fully saturated rings. The van der Waals surface area contributed by atoms with Crippen molar-refractivity contribution in [3.05, 3.63) is 60.4 Å². The van der Waals surface area contributed by atoms with Gasteiger partial charge < -0.3 is 10.2 Å². The van der Waals surface area contributed by atoms with Crippen LogP contribution in [-0.2, 0) is 0 Å². The minimum atomic E-state index is -0.287. The molecule has 0 bridgehead atoms. The van der Waals surface area contributed by atoms with Crippen LogP contribution in [0.4, 0.5) is 10.1 Å². The van der Waals surface area contributed by atoms with Crippen molar-refractivity contribution in [3.63, 3.8) is 0 Å². The van der Waals surface area contributed by atoms with E-state index in [-0.39, 0.29) is 5.82 Å². The highest BCUT2D eigenvalue weighted by atomic mass is 19.1. The van der Waals surface area contributed by atoms with Crippen molar-refractivity contribution in [3.8, 4) is 11.5 Å². The van der Waals surface area contributed by atoms with Gasteiger partial charge in [0.25, 0.3) is 0 Å². The third-order valence-electron chi connectivity index (χ3n) is 3.52. The number of aromatic nitrogens is 1. The SMILES string of the molecule is Nc1cc2nc(-c3ccc(F)cc3)oc2c2ccccc12. The molecule has 0 atom stereocenters. The fraction of sp³-hybridized carbons (Fsp3) is 0. The van der Waals surface area contributed by atoms with Gasteiger partial charge >= 0.3 is 0 Å². The summed E-state index contributed by atoms with van der Waals surface area (Å²) in [7, 11) is 0. The molecule has 4 rings (SSSR count). The van der Waals surface area contributed by atoms with Gasteiger partial charge in [-0.25, -0.2) is 9.37 Å². The van der Waals surface area contributed by atoms with Crippen molar-refractivity contribution in [2.75, 3.05) is 5.73 Å². The van der Waals surface area contributed by atoms with E-state index in [1.165, 1.54) is 12.1 Å². The lowest BCUT2D eigenvalue weighted by atomic mass is 10.1. The Morgan fingerprint density at radius 3 is 2.43 bits per heavy atom. The van der Waals surface area contributed by atoms with Gasteiger partial charge in [-0.15, -0.1) is 0 Å². The summed E-state index contributed by atoms with van der Waals surface area (Å²) in [6.45, 7) is 0. The lowest BCUT2D eigenvalue weighted by Crippen LogP contribution is -1.87. The summed E-state index contributed by atoms with van der Waals surface area (Å²) in [6, 6.07) is 15.6. The van der Waals surface area contributed by atoms with Crippen LogP contribution in [0.15, 0.2) is 59.0 Å². The highest BCUT2D eigenvalue weighted by Gasteiger charge is 2.12. The normalized spacial score (nSPS) is 11.3. The van der Waals surface area contributed by atoms with Crippen LogP contribution in [0.5, 0.6) is 0 Å². The first-order valence-electron chi connectivity index (χ1n) is 6.56. The van der Waals surface area contributed by atoms with E-state index in [4.69, 9.17) is 10.2 Å². The maximum Gasteiger partial charge on any atom is 0.227 e. The fourth-order valence-electron chi connectivity index (χ4n) is 2.50. The number of fused-ring (bicyclic) bond motifs is 3. The van der Waals surface area contributed by atoms with Crippen LogP contribution in [-0.4, -0.2) is 4.98 Å². The van der Waals surface area contributed by atoms with Crippen molar-refractivity contribution >= 4 is 27.6 Å². The van der Waals surface area contributed by atoms with Crippen LogP contribution in [0, 0.1) is 5.82 Å². The van der Waals surface area contributed by atoms with Gasteiger partial charge in [-0.1, -0.05) is 24.3 Å². The molecule has 4 heteroatoms. The molecule has 2 N–H and O–H groups in total. The van der Waals surface area contributed by atoms with E-state index < -0.39 is 0 Å². The highest BCUT2D eigenvalue weighted by molar-refractivity contribution is 6.09. The second-order valence-corrected chi connectivity index (χ2v) is 4.89. The second-order valence-electron chi connectivity index (χ2n) is 4.89. The van der Waals surface area contributed by atoms with Gasteiger partial charge in [-0.2, -0.15) is 0 Å². The Hall–Kier alpha value is -2.88. The van der Waals surface area contributed by atoms with Crippen molar-refractivity contribution in [2.45, 2.75) is 0 Å². The summed E-state index contributed by atoms with van der Waals surface area (Å²) >= 11 is 0. The molecule has 3 nitrogen and oxygen atoms in total. The van der Waals surface area contributed by atoms with Crippen molar-refractivity contribution in [1.29, 1.82) is 0 Å². The lowest BCUT2D eigenvalue weighted by Gasteiger charge is -2.01. The van der Waals surface area contributed by atoms with Gasteiger partial charge in [0.1, 0.15) is 11.3 Å². The summed E-state index contributed by atoms with van der Waals surface area (Å²) in [5.41, 5.74) is 8.85. The Bertz CT molecular complexity index is 958. The first kappa shape index (κ1) is 11.9. The molecule has 0 unspecified atom stereocenters. The number of nitrogens with zero attached hydrogens (tertiary/aromatic N) is 1. The Kier molecular flexibility index (Phi) is 2.44. The molecule has 1 aromatic heterocycles. The molecular formula is C17H11FN2O. The summed E-state index contributed by atoms with van der Waals surface area (Å²) in [5, 5.41) is 1.86. The predicted octanol–water partition coefficient (Wildman–Crippen LogP) is 4.37. The van der Waals surface area contributed by atoms with E-state index in [1.807, 2.05) is 24.3 Å². The molecule has 0 amide bonds. The molecule has 0 radical (unpaired) electrons. The molecular weight excluding hydrogens is 267 g/mol. The number of benzene rings is 3. The zero-order chi connectivity index (χ0) is 14.4. The molecule has 0 saturated carbocycles. The fourth-order valence-corrected chi connectivity index (χ4v) is 2.50. The molecule has 0 aliphatic heterocycles. The first-order valence-corrected chi connectivity index (χ1v) is 6.56. The summed E-state index contributed by atoms with van der Waals surface area (Å²) in [6.07, 6.45) is 0. The van der Waals surface area contributed by atoms with E-state index in [9.17, 15) is 4.39 Å². The van der Waals surface area contributed by atoms with Crippen LogP contribution < -0.4 is 5.73 Å². The number of nitrogen functional groups attached to an aromatic ring is 1. The van der Waals surface area contributed by atoms with Gasteiger partial charge in [0, 0.05) is 22.0 Å². The van der Waals surface area contributed by atoms with Gasteiger partial charge in [0.2, 0.25) is 5.89 Å². The van der Waals surface area contributed by atoms with Crippen LogP contribution in [0.3, 0.4) is 0 Å². The molecule has 0 aliphatic carbocycles. The number of nitrogens with two attached hydrogens (primary N) is 1. The Morgan fingerprint density at radius 1 is 0.952 bits per heavy atom. The van der Waals surface area contributed by atoms with E-state index in [0.717, 1.165) is 16.3 Å². The number of oxazole rings is 1. The van der Waals surface area contributed by atoms with Gasteiger partial charge in [0.05, 0.1) is 0 Å². The smallest absolute Gasteiger partial charge is 0.227 e. The van der Waals surface area contributed by atoms with Crippen LogP contribution >= 0.6 is 0 Å². The molecule has 4 aromatic rings. The van der Waals surface area contributed by atoms with Crippen LogP contribution in [0.1, 0.15) is 0 Å². The van der Waals surface area contributed by atoms with E-state index >= 15 is 0 Å². The van der Waals surface area contributed by atoms with Crippen LogP contribution in [0.25, 0.3) is 33.3 Å².